The van der Waals surface area contributed by atoms with E-state index < -0.39 is 6.36 Å². The first kappa shape index (κ1) is 12.7. The molecule has 0 amide bonds. The van der Waals surface area contributed by atoms with E-state index >= 15 is 0 Å². The third-order valence-electron chi connectivity index (χ3n) is 2.52. The number of nitrogens with one attached hydrogen (secondary N) is 1. The molecule has 0 atom stereocenters. The van der Waals surface area contributed by atoms with Crippen LogP contribution in [0.4, 0.5) is 13.2 Å². The van der Waals surface area contributed by atoms with Crippen LogP contribution in [0.15, 0.2) is 0 Å². The van der Waals surface area contributed by atoms with E-state index in [4.69, 9.17) is 4.74 Å². The maximum atomic E-state index is 11.6. The van der Waals surface area contributed by atoms with Gasteiger partial charge in [0.1, 0.15) is 0 Å². The van der Waals surface area contributed by atoms with Gasteiger partial charge in [0.15, 0.2) is 0 Å². The molecule has 0 aromatic heterocycles. The van der Waals surface area contributed by atoms with Crippen molar-refractivity contribution in [3.63, 3.8) is 0 Å². The standard InChI is InChI=1S/C9H16F3NO2/c1-8(2-5-14-6-3-8)13-4-7-15-9(10,11)12/h13H,2-7H2,1H3. The van der Waals surface area contributed by atoms with E-state index in [-0.39, 0.29) is 18.7 Å². The SMILES string of the molecule is CC1(NCCOC(F)(F)F)CCOCC1. The molecule has 1 fully saturated rings. The lowest BCUT2D eigenvalue weighted by molar-refractivity contribution is -0.323. The van der Waals surface area contributed by atoms with Crippen molar-refractivity contribution in [3.8, 4) is 0 Å². The highest BCUT2D eigenvalue weighted by Gasteiger charge is 2.30. The normalized spacial score (nSPS) is 21.6. The van der Waals surface area contributed by atoms with Gasteiger partial charge in [-0.15, -0.1) is 13.2 Å². The van der Waals surface area contributed by atoms with Crippen LogP contribution in [0.25, 0.3) is 0 Å². The Hall–Kier alpha value is -0.330. The molecule has 0 unspecified atom stereocenters. The van der Waals surface area contributed by atoms with Crippen LogP contribution in [0.1, 0.15) is 19.8 Å². The first-order valence-electron chi connectivity index (χ1n) is 4.95. The lowest BCUT2D eigenvalue weighted by Gasteiger charge is -2.34. The van der Waals surface area contributed by atoms with E-state index in [2.05, 4.69) is 10.1 Å². The minimum atomic E-state index is -4.53. The number of rotatable bonds is 4. The van der Waals surface area contributed by atoms with Crippen LogP contribution in [-0.2, 0) is 9.47 Å². The minimum Gasteiger partial charge on any atom is -0.381 e. The van der Waals surface area contributed by atoms with Crippen molar-refractivity contribution in [2.75, 3.05) is 26.4 Å². The summed E-state index contributed by atoms with van der Waals surface area (Å²) >= 11 is 0. The Bertz CT molecular complexity index is 190. The molecule has 1 heterocycles. The van der Waals surface area contributed by atoms with Crippen LogP contribution >= 0.6 is 0 Å². The molecule has 1 aliphatic rings. The number of ether oxygens (including phenoxy) is 2. The number of hydrogen-bond donors (Lipinski definition) is 1. The van der Waals surface area contributed by atoms with Gasteiger partial charge >= 0.3 is 6.36 Å². The summed E-state index contributed by atoms with van der Waals surface area (Å²) < 4.78 is 43.8. The summed E-state index contributed by atoms with van der Waals surface area (Å²) in [5.74, 6) is 0. The third-order valence-corrected chi connectivity index (χ3v) is 2.52. The highest BCUT2D eigenvalue weighted by molar-refractivity contribution is 4.84. The van der Waals surface area contributed by atoms with Crippen LogP contribution in [0.2, 0.25) is 0 Å². The fraction of sp³-hybridized carbons (Fsp3) is 1.00. The molecule has 0 aromatic carbocycles. The predicted molar refractivity (Wildman–Crippen MR) is 48.5 cm³/mol. The molecule has 3 nitrogen and oxygen atoms in total. The quantitative estimate of drug-likeness (QED) is 0.741. The molecular weight excluding hydrogens is 211 g/mol. The van der Waals surface area contributed by atoms with Gasteiger partial charge in [0, 0.05) is 25.3 Å². The summed E-state index contributed by atoms with van der Waals surface area (Å²) in [4.78, 5) is 0. The topological polar surface area (TPSA) is 30.5 Å². The molecule has 0 radical (unpaired) electrons. The van der Waals surface area contributed by atoms with Crippen LogP contribution in [0.3, 0.4) is 0 Å². The Balaban J connectivity index is 2.13. The van der Waals surface area contributed by atoms with Crippen molar-refractivity contribution in [1.29, 1.82) is 0 Å². The summed E-state index contributed by atoms with van der Waals surface area (Å²) in [7, 11) is 0. The zero-order valence-electron chi connectivity index (χ0n) is 8.69. The van der Waals surface area contributed by atoms with Gasteiger partial charge in [-0.2, -0.15) is 0 Å². The zero-order valence-corrected chi connectivity index (χ0v) is 8.69. The Kier molecular flexibility index (Phi) is 4.36. The summed E-state index contributed by atoms with van der Waals surface area (Å²) in [5, 5.41) is 3.07. The number of alkyl halides is 3. The van der Waals surface area contributed by atoms with Crippen LogP contribution in [0.5, 0.6) is 0 Å². The number of hydrogen-bond acceptors (Lipinski definition) is 3. The first-order chi connectivity index (χ1) is 6.91. The van der Waals surface area contributed by atoms with Gasteiger partial charge in [-0.1, -0.05) is 0 Å². The lowest BCUT2D eigenvalue weighted by atomic mass is 9.93. The molecular formula is C9H16F3NO2. The first-order valence-corrected chi connectivity index (χ1v) is 4.95. The Morgan fingerprint density at radius 2 is 1.93 bits per heavy atom. The van der Waals surface area contributed by atoms with Crippen molar-refractivity contribution in [2.45, 2.75) is 31.7 Å². The lowest BCUT2D eigenvalue weighted by Crippen LogP contribution is -2.48. The van der Waals surface area contributed by atoms with E-state index in [0.29, 0.717) is 13.2 Å². The summed E-state index contributed by atoms with van der Waals surface area (Å²) in [6.45, 7) is 3.16. The molecule has 0 saturated carbocycles. The van der Waals surface area contributed by atoms with E-state index in [1.807, 2.05) is 6.92 Å². The second-order valence-corrected chi connectivity index (χ2v) is 3.89. The van der Waals surface area contributed by atoms with Crippen molar-refractivity contribution >= 4 is 0 Å². The second-order valence-electron chi connectivity index (χ2n) is 3.89. The largest absolute Gasteiger partial charge is 0.522 e. The summed E-state index contributed by atoms with van der Waals surface area (Å²) in [6, 6.07) is 0. The third kappa shape index (κ3) is 5.34. The molecule has 0 aliphatic carbocycles. The average molecular weight is 227 g/mol. The van der Waals surface area contributed by atoms with Gasteiger partial charge in [0.25, 0.3) is 0 Å². The van der Waals surface area contributed by atoms with Crippen molar-refractivity contribution < 1.29 is 22.6 Å². The van der Waals surface area contributed by atoms with Gasteiger partial charge in [-0.25, -0.2) is 0 Å². The molecule has 1 aliphatic heterocycles. The van der Waals surface area contributed by atoms with Crippen LogP contribution in [0, 0.1) is 0 Å². The van der Waals surface area contributed by atoms with Gasteiger partial charge in [-0.05, 0) is 19.8 Å². The molecule has 0 spiro atoms. The molecule has 6 heteroatoms. The molecule has 90 valence electrons. The Morgan fingerprint density at radius 1 is 1.33 bits per heavy atom. The minimum absolute atomic E-state index is 0.118. The highest BCUT2D eigenvalue weighted by atomic mass is 19.4. The molecule has 1 N–H and O–H groups in total. The van der Waals surface area contributed by atoms with Gasteiger partial charge < -0.3 is 10.1 Å². The average Bonchev–Trinajstić information content (AvgIpc) is 2.12. The van der Waals surface area contributed by atoms with Gasteiger partial charge in [0.05, 0.1) is 6.61 Å². The smallest absolute Gasteiger partial charge is 0.381 e. The molecule has 1 rings (SSSR count). The highest BCUT2D eigenvalue weighted by Crippen LogP contribution is 2.20. The molecule has 0 aromatic rings. The van der Waals surface area contributed by atoms with Crippen molar-refractivity contribution in [1.82, 2.24) is 5.32 Å². The monoisotopic (exact) mass is 227 g/mol. The summed E-state index contributed by atoms with van der Waals surface area (Å²) in [6.07, 6.45) is -2.89. The Labute approximate surface area is 86.9 Å². The zero-order chi connectivity index (χ0) is 11.4. The van der Waals surface area contributed by atoms with E-state index in [1.54, 1.807) is 0 Å². The predicted octanol–water partition coefficient (Wildman–Crippen LogP) is 1.68. The molecule has 15 heavy (non-hydrogen) atoms. The fourth-order valence-electron chi connectivity index (χ4n) is 1.52. The van der Waals surface area contributed by atoms with Gasteiger partial charge in [0.2, 0.25) is 0 Å². The maximum Gasteiger partial charge on any atom is 0.522 e. The van der Waals surface area contributed by atoms with Crippen LogP contribution < -0.4 is 5.32 Å². The molecule has 0 bridgehead atoms. The van der Waals surface area contributed by atoms with Crippen molar-refractivity contribution in [2.24, 2.45) is 0 Å². The maximum absolute atomic E-state index is 11.6. The van der Waals surface area contributed by atoms with E-state index in [0.717, 1.165) is 12.8 Å². The van der Waals surface area contributed by atoms with E-state index in [9.17, 15) is 13.2 Å². The summed E-state index contributed by atoms with van der Waals surface area (Å²) in [5.41, 5.74) is -0.118. The second kappa shape index (κ2) is 5.14. The molecule has 1 saturated heterocycles. The Morgan fingerprint density at radius 3 is 2.47 bits per heavy atom. The fourth-order valence-corrected chi connectivity index (χ4v) is 1.52. The number of halogens is 3. The van der Waals surface area contributed by atoms with Crippen LogP contribution in [-0.4, -0.2) is 38.3 Å². The van der Waals surface area contributed by atoms with Crippen molar-refractivity contribution in [3.05, 3.63) is 0 Å². The van der Waals surface area contributed by atoms with Gasteiger partial charge in [-0.3, -0.25) is 4.74 Å². The van der Waals surface area contributed by atoms with E-state index in [1.165, 1.54) is 0 Å².